The van der Waals surface area contributed by atoms with Crippen LogP contribution in [-0.2, 0) is 33.5 Å². The molecule has 5 atom stereocenters. The number of ketones is 2. The molecule has 1 rings (SSSR count). The Balaban J connectivity index is 2.71. The fourth-order valence-corrected chi connectivity index (χ4v) is 4.60. The second kappa shape index (κ2) is 15.3. The Morgan fingerprint density at radius 2 is 1.54 bits per heavy atom. The molecule has 11 heteroatoms. The van der Waals surface area contributed by atoms with E-state index in [9.17, 15) is 28.8 Å². The van der Waals surface area contributed by atoms with Gasteiger partial charge in [0.15, 0.2) is 11.6 Å². The van der Waals surface area contributed by atoms with Gasteiger partial charge >= 0.3 is 5.97 Å². The lowest BCUT2D eigenvalue weighted by Crippen LogP contribution is -2.52. The largest absolute Gasteiger partial charge is 0.460 e. The Morgan fingerprint density at radius 1 is 0.923 bits per heavy atom. The summed E-state index contributed by atoms with van der Waals surface area (Å²) in [6.07, 6.45) is 1.30. The van der Waals surface area contributed by atoms with Gasteiger partial charge in [-0.1, -0.05) is 27.7 Å². The van der Waals surface area contributed by atoms with Crippen LogP contribution in [0.25, 0.3) is 0 Å². The minimum absolute atomic E-state index is 0.119. The first-order valence-corrected chi connectivity index (χ1v) is 14.2. The molecule has 1 fully saturated rings. The molecule has 1 unspecified atom stereocenters. The lowest BCUT2D eigenvalue weighted by molar-refractivity contribution is -0.157. The van der Waals surface area contributed by atoms with E-state index in [4.69, 9.17) is 16.3 Å². The van der Waals surface area contributed by atoms with E-state index in [1.165, 1.54) is 11.8 Å². The number of amides is 3. The number of esters is 1. The predicted molar refractivity (Wildman–Crippen MR) is 148 cm³/mol. The molecule has 1 heterocycles. The minimum atomic E-state index is -0.857. The van der Waals surface area contributed by atoms with Crippen molar-refractivity contribution in [2.45, 2.75) is 111 Å². The summed E-state index contributed by atoms with van der Waals surface area (Å²) in [4.78, 5) is 77.2. The first kappa shape index (κ1) is 34.5. The molecule has 0 saturated carbocycles. The maximum absolute atomic E-state index is 13.2. The van der Waals surface area contributed by atoms with Crippen LogP contribution in [0.15, 0.2) is 0 Å². The molecule has 1 aliphatic rings. The van der Waals surface area contributed by atoms with Gasteiger partial charge in [-0.3, -0.25) is 28.8 Å². The molecule has 1 aliphatic heterocycles. The standard InChI is InChI=1S/C28H46ClN3O7/c1-16(2)12-20(23(34)15-29)31-26(37)21-10-9-11-32(21)27(38)18(4)13-22(33)19(5)30-25(36)17(3)14-24(35)39-28(6,7)8/h16-21H,9-15H2,1-8H3,(H,30,36)(H,31,37)/t17-,18-,19-,20?,21+/m1/s1. The second-order valence-electron chi connectivity index (χ2n) is 12.0. The third-order valence-corrected chi connectivity index (χ3v) is 6.76. The maximum atomic E-state index is 13.2. The first-order valence-electron chi connectivity index (χ1n) is 13.7. The molecule has 39 heavy (non-hydrogen) atoms. The SMILES string of the molecule is CC(C)CC(NC(=O)[C@@H]1CCCN1C(=O)[C@H](C)CC(=O)[C@@H](C)NC(=O)[C@H](C)CC(=O)OC(C)(C)C)C(=O)CCl. The number of hydrogen-bond acceptors (Lipinski definition) is 7. The molecule has 0 aromatic rings. The molecule has 0 aromatic heterocycles. The number of carbonyl (C=O) groups excluding carboxylic acids is 6. The molecule has 0 radical (unpaired) electrons. The quantitative estimate of drug-likeness (QED) is 0.241. The van der Waals surface area contributed by atoms with Crippen LogP contribution in [-0.4, -0.2) is 76.3 Å². The fraction of sp³-hybridized carbons (Fsp3) is 0.786. The van der Waals surface area contributed by atoms with E-state index < -0.39 is 53.3 Å². The third-order valence-electron chi connectivity index (χ3n) is 6.49. The molecular weight excluding hydrogens is 526 g/mol. The number of carbonyl (C=O) groups is 6. The van der Waals surface area contributed by atoms with E-state index in [1.807, 2.05) is 13.8 Å². The number of hydrogen-bond donors (Lipinski definition) is 2. The number of nitrogens with zero attached hydrogens (tertiary/aromatic N) is 1. The highest BCUT2D eigenvalue weighted by atomic mass is 35.5. The highest BCUT2D eigenvalue weighted by Gasteiger charge is 2.38. The van der Waals surface area contributed by atoms with E-state index in [2.05, 4.69) is 10.6 Å². The zero-order valence-corrected chi connectivity index (χ0v) is 25.4. The zero-order valence-electron chi connectivity index (χ0n) is 24.6. The lowest BCUT2D eigenvalue weighted by Gasteiger charge is -2.29. The second-order valence-corrected chi connectivity index (χ2v) is 12.2. The van der Waals surface area contributed by atoms with Gasteiger partial charge in [0.2, 0.25) is 17.7 Å². The lowest BCUT2D eigenvalue weighted by atomic mass is 9.98. The van der Waals surface area contributed by atoms with Gasteiger partial charge in [-0.05, 0) is 52.9 Å². The van der Waals surface area contributed by atoms with E-state index in [0.29, 0.717) is 25.8 Å². The van der Waals surface area contributed by atoms with Gasteiger partial charge in [0.1, 0.15) is 11.6 Å². The first-order chi connectivity index (χ1) is 18.0. The molecular formula is C28H46ClN3O7. The average molecular weight is 572 g/mol. The summed E-state index contributed by atoms with van der Waals surface area (Å²) < 4.78 is 5.24. The monoisotopic (exact) mass is 571 g/mol. The van der Waals surface area contributed by atoms with Crippen LogP contribution in [0, 0.1) is 17.8 Å². The van der Waals surface area contributed by atoms with Crippen LogP contribution in [0.1, 0.15) is 87.5 Å². The number of rotatable bonds is 14. The van der Waals surface area contributed by atoms with Crippen molar-refractivity contribution in [3.63, 3.8) is 0 Å². The number of alkyl halides is 1. The van der Waals surface area contributed by atoms with Crippen LogP contribution in [0.5, 0.6) is 0 Å². The van der Waals surface area contributed by atoms with Crippen LogP contribution in [0.2, 0.25) is 0 Å². The van der Waals surface area contributed by atoms with Crippen molar-refractivity contribution >= 4 is 46.9 Å². The van der Waals surface area contributed by atoms with Gasteiger partial charge in [0.25, 0.3) is 0 Å². The molecule has 10 nitrogen and oxygen atoms in total. The zero-order chi connectivity index (χ0) is 30.1. The highest BCUT2D eigenvalue weighted by Crippen LogP contribution is 2.22. The summed E-state index contributed by atoms with van der Waals surface area (Å²) in [6.45, 7) is 14.2. The Morgan fingerprint density at radius 3 is 2.08 bits per heavy atom. The average Bonchev–Trinajstić information content (AvgIpc) is 3.30. The number of ether oxygens (including phenoxy) is 1. The summed E-state index contributed by atoms with van der Waals surface area (Å²) in [5, 5.41) is 5.38. The van der Waals surface area contributed by atoms with Crippen LogP contribution < -0.4 is 10.6 Å². The summed E-state index contributed by atoms with van der Waals surface area (Å²) in [7, 11) is 0. The Kier molecular flexibility index (Phi) is 13.6. The van der Waals surface area contributed by atoms with Crippen molar-refractivity contribution in [2.75, 3.05) is 12.4 Å². The molecule has 3 amide bonds. The van der Waals surface area contributed by atoms with Gasteiger partial charge in [-0.2, -0.15) is 0 Å². The van der Waals surface area contributed by atoms with Crippen LogP contribution >= 0.6 is 11.6 Å². The van der Waals surface area contributed by atoms with Gasteiger partial charge < -0.3 is 20.3 Å². The third kappa shape index (κ3) is 11.6. The van der Waals surface area contributed by atoms with Crippen molar-refractivity contribution < 1.29 is 33.5 Å². The molecule has 0 aliphatic carbocycles. The van der Waals surface area contributed by atoms with Gasteiger partial charge in [-0.15, -0.1) is 11.6 Å². The molecule has 222 valence electrons. The Hall–Kier alpha value is -2.49. The topological polar surface area (TPSA) is 139 Å². The minimum Gasteiger partial charge on any atom is -0.460 e. The van der Waals surface area contributed by atoms with E-state index in [1.54, 1.807) is 34.6 Å². The highest BCUT2D eigenvalue weighted by molar-refractivity contribution is 6.28. The summed E-state index contributed by atoms with van der Waals surface area (Å²) in [6, 6.07) is -2.29. The summed E-state index contributed by atoms with van der Waals surface area (Å²) >= 11 is 5.72. The smallest absolute Gasteiger partial charge is 0.307 e. The predicted octanol–water partition coefficient (Wildman–Crippen LogP) is 2.78. The summed E-state index contributed by atoms with van der Waals surface area (Å²) in [5.41, 5.74) is -0.661. The van der Waals surface area contributed by atoms with Crippen molar-refractivity contribution in [3.8, 4) is 0 Å². The maximum Gasteiger partial charge on any atom is 0.307 e. The van der Waals surface area contributed by atoms with Crippen molar-refractivity contribution in [2.24, 2.45) is 17.8 Å². The van der Waals surface area contributed by atoms with E-state index in [0.717, 1.165) is 0 Å². The molecule has 1 saturated heterocycles. The van der Waals surface area contributed by atoms with Crippen molar-refractivity contribution in [3.05, 3.63) is 0 Å². The molecule has 0 spiro atoms. The number of likely N-dealkylation sites (tertiary alicyclic amines) is 1. The molecule has 0 bridgehead atoms. The molecule has 2 N–H and O–H groups in total. The van der Waals surface area contributed by atoms with Crippen LogP contribution in [0.3, 0.4) is 0 Å². The number of nitrogens with one attached hydrogen (secondary N) is 2. The Bertz CT molecular complexity index is 915. The van der Waals surface area contributed by atoms with Gasteiger partial charge in [0, 0.05) is 24.8 Å². The number of halogens is 1. The van der Waals surface area contributed by atoms with Gasteiger partial charge in [-0.25, -0.2) is 0 Å². The van der Waals surface area contributed by atoms with Crippen LogP contribution in [0.4, 0.5) is 0 Å². The number of Topliss-reactive ketones (excluding diaryl/α,β-unsaturated/α-hetero) is 2. The molecule has 0 aromatic carbocycles. The normalized spacial score (nSPS) is 18.6. The Labute approximate surface area is 237 Å². The van der Waals surface area contributed by atoms with E-state index >= 15 is 0 Å². The van der Waals surface area contributed by atoms with Crippen molar-refractivity contribution in [1.82, 2.24) is 15.5 Å². The summed E-state index contributed by atoms with van der Waals surface area (Å²) in [5.74, 6) is -3.75. The fourth-order valence-electron chi connectivity index (χ4n) is 4.42. The van der Waals surface area contributed by atoms with Crippen molar-refractivity contribution in [1.29, 1.82) is 0 Å². The van der Waals surface area contributed by atoms with Gasteiger partial charge in [0.05, 0.1) is 24.4 Å². The van der Waals surface area contributed by atoms with E-state index in [-0.39, 0.29) is 42.1 Å².